The van der Waals surface area contributed by atoms with Crippen LogP contribution in [0.15, 0.2) is 0 Å². The normalized spacial score (nSPS) is 7.38. The van der Waals surface area contributed by atoms with Gasteiger partial charge in [-0.05, 0) is 0 Å². The Morgan fingerprint density at radius 2 is 1.25 bits per heavy atom. The average molecular weight is 237 g/mol. The fourth-order valence-corrected chi connectivity index (χ4v) is 0. The zero-order valence-corrected chi connectivity index (χ0v) is 8.85. The van der Waals surface area contributed by atoms with Gasteiger partial charge in [0.15, 0.2) is 0 Å². The van der Waals surface area contributed by atoms with E-state index in [-0.39, 0.29) is 64.5 Å². The van der Waals surface area contributed by atoms with Gasteiger partial charge in [0.1, 0.15) is 0 Å². The second kappa shape index (κ2) is 9.12. The SMILES string of the molecule is O=P(O)(O)O.[Fe].[H-].[Na+].[Ni]. The van der Waals surface area contributed by atoms with Crippen LogP contribution in [0.3, 0.4) is 0 Å². The summed E-state index contributed by atoms with van der Waals surface area (Å²) in [7, 11) is -4.64. The first-order valence-electron chi connectivity index (χ1n) is 0.783. The molecule has 8 heteroatoms. The van der Waals surface area contributed by atoms with Gasteiger partial charge in [0.2, 0.25) is 0 Å². The summed E-state index contributed by atoms with van der Waals surface area (Å²) in [6.07, 6.45) is 0. The van der Waals surface area contributed by atoms with E-state index in [2.05, 4.69) is 0 Å². The van der Waals surface area contributed by atoms with E-state index in [4.69, 9.17) is 19.2 Å². The van der Waals surface area contributed by atoms with Crippen molar-refractivity contribution in [2.24, 2.45) is 0 Å². The average Bonchev–Trinajstić information content (AvgIpc) is 0.722. The van der Waals surface area contributed by atoms with Crippen molar-refractivity contribution in [3.63, 3.8) is 0 Å². The summed E-state index contributed by atoms with van der Waals surface area (Å²) in [6, 6.07) is 0. The van der Waals surface area contributed by atoms with Crippen molar-refractivity contribution in [2.75, 3.05) is 0 Å². The van der Waals surface area contributed by atoms with E-state index < -0.39 is 7.82 Å². The maximum Gasteiger partial charge on any atom is 1.00 e. The van der Waals surface area contributed by atoms with Crippen LogP contribution in [0, 0.1) is 0 Å². The molecule has 0 saturated carbocycles. The predicted molar refractivity (Wildman–Crippen MR) is 15.4 cm³/mol. The van der Waals surface area contributed by atoms with Crippen LogP contribution in [0.1, 0.15) is 1.43 Å². The second-order valence-corrected chi connectivity index (χ2v) is 1.54. The molecule has 0 amide bonds. The Morgan fingerprint density at radius 3 is 1.25 bits per heavy atom. The third-order valence-corrected chi connectivity index (χ3v) is 0. The van der Waals surface area contributed by atoms with Crippen molar-refractivity contribution < 1.29 is 83.8 Å². The van der Waals surface area contributed by atoms with Crippen LogP contribution >= 0.6 is 7.82 Å². The van der Waals surface area contributed by atoms with E-state index in [0.29, 0.717) is 0 Å². The number of hydrogen-bond donors (Lipinski definition) is 3. The maximum absolute atomic E-state index is 8.88. The van der Waals surface area contributed by atoms with Crippen LogP contribution in [-0.4, -0.2) is 14.7 Å². The summed E-state index contributed by atoms with van der Waals surface area (Å²) in [6.45, 7) is 0. The molecule has 0 unspecified atom stereocenters. The van der Waals surface area contributed by atoms with Crippen molar-refractivity contribution in [1.82, 2.24) is 0 Å². The quantitative estimate of drug-likeness (QED) is 0.298. The van der Waals surface area contributed by atoms with Crippen molar-refractivity contribution in [1.29, 1.82) is 0 Å². The molecule has 0 aromatic rings. The minimum Gasteiger partial charge on any atom is -1.00 e. The Morgan fingerprint density at radius 1 is 1.25 bits per heavy atom. The van der Waals surface area contributed by atoms with Gasteiger partial charge in [0.25, 0.3) is 0 Å². The maximum atomic E-state index is 8.88. The Labute approximate surface area is 90.8 Å². The van der Waals surface area contributed by atoms with Gasteiger partial charge in [-0.1, -0.05) is 0 Å². The van der Waals surface area contributed by atoms with E-state index in [9.17, 15) is 0 Å². The fourth-order valence-electron chi connectivity index (χ4n) is 0. The molecule has 0 heterocycles. The first-order valence-corrected chi connectivity index (χ1v) is 2.35. The summed E-state index contributed by atoms with van der Waals surface area (Å²) >= 11 is 0. The third-order valence-electron chi connectivity index (χ3n) is 0. The first kappa shape index (κ1) is 22.5. The molecular weight excluding hydrogens is 232 g/mol. The van der Waals surface area contributed by atoms with E-state index >= 15 is 0 Å². The molecule has 0 atom stereocenters. The molecule has 0 aliphatic rings. The monoisotopic (exact) mass is 236 g/mol. The van der Waals surface area contributed by atoms with Gasteiger partial charge in [-0.2, -0.15) is 0 Å². The number of hydrogen-bond acceptors (Lipinski definition) is 1. The van der Waals surface area contributed by atoms with Crippen LogP contribution < -0.4 is 29.6 Å². The van der Waals surface area contributed by atoms with Crippen molar-refractivity contribution in [3.8, 4) is 0 Å². The van der Waals surface area contributed by atoms with E-state index in [0.717, 1.165) is 0 Å². The molecule has 0 bridgehead atoms. The molecule has 0 spiro atoms. The van der Waals surface area contributed by atoms with Gasteiger partial charge in [-0.25, -0.2) is 4.57 Å². The van der Waals surface area contributed by atoms with E-state index in [1.807, 2.05) is 0 Å². The zero-order valence-electron chi connectivity index (χ0n) is 4.87. The van der Waals surface area contributed by atoms with Gasteiger partial charge in [-0.15, -0.1) is 0 Å². The Kier molecular flexibility index (Phi) is 25.6. The molecule has 0 aliphatic heterocycles. The second-order valence-electron chi connectivity index (χ2n) is 0.513. The first-order chi connectivity index (χ1) is 2.00. The molecular formula is H4FeNaNiO4P. The smallest absolute Gasteiger partial charge is 1.00 e. The standard InChI is InChI=1S/Fe.Na.Ni.H3O4P.H/c;;;1-5(2,3)4;/h;;;(H3,1,2,3,4);/q;+1;;;-1. The summed E-state index contributed by atoms with van der Waals surface area (Å²) < 4.78 is 8.88. The zero-order chi connectivity index (χ0) is 4.50. The summed E-state index contributed by atoms with van der Waals surface area (Å²) in [5.41, 5.74) is 0. The van der Waals surface area contributed by atoms with Crippen LogP contribution in [0.4, 0.5) is 0 Å². The molecule has 0 aromatic carbocycles. The largest absolute Gasteiger partial charge is 1.00 e. The molecule has 0 aromatic heterocycles. The Balaban J connectivity index is -0.0000000133. The van der Waals surface area contributed by atoms with Gasteiger partial charge < -0.3 is 16.1 Å². The summed E-state index contributed by atoms with van der Waals surface area (Å²) in [5, 5.41) is 0. The molecule has 4 nitrogen and oxygen atoms in total. The van der Waals surface area contributed by atoms with Crippen LogP contribution in [0.2, 0.25) is 0 Å². The molecule has 0 saturated heterocycles. The molecule has 0 rings (SSSR count). The van der Waals surface area contributed by atoms with E-state index in [1.54, 1.807) is 0 Å². The van der Waals surface area contributed by atoms with Crippen LogP contribution in [-0.2, 0) is 38.1 Å². The van der Waals surface area contributed by atoms with Crippen LogP contribution in [0.5, 0.6) is 0 Å². The van der Waals surface area contributed by atoms with Crippen molar-refractivity contribution in [3.05, 3.63) is 0 Å². The summed E-state index contributed by atoms with van der Waals surface area (Å²) in [4.78, 5) is 21.6. The third kappa shape index (κ3) is 91.4. The van der Waals surface area contributed by atoms with E-state index in [1.165, 1.54) is 0 Å². The number of rotatable bonds is 0. The molecule has 0 radical (unpaired) electrons. The van der Waals surface area contributed by atoms with Gasteiger partial charge >= 0.3 is 37.4 Å². The topological polar surface area (TPSA) is 77.8 Å². The predicted octanol–water partition coefficient (Wildman–Crippen LogP) is -3.82. The molecule has 0 aliphatic carbocycles. The van der Waals surface area contributed by atoms with Crippen molar-refractivity contribution in [2.45, 2.75) is 0 Å². The molecule has 52 valence electrons. The number of phosphoric acid groups is 1. The van der Waals surface area contributed by atoms with Crippen LogP contribution in [0.25, 0.3) is 0 Å². The molecule has 3 N–H and O–H groups in total. The molecule has 0 fully saturated rings. The fraction of sp³-hybridized carbons (Fsp3) is 0. The minimum atomic E-state index is -4.64. The Bertz CT molecular complexity index is 66.7. The Hall–Kier alpha value is 2.12. The van der Waals surface area contributed by atoms with Gasteiger partial charge in [0.05, 0.1) is 0 Å². The van der Waals surface area contributed by atoms with Gasteiger partial charge in [0, 0.05) is 33.6 Å². The van der Waals surface area contributed by atoms with Gasteiger partial charge in [-0.3, -0.25) is 0 Å². The minimum absolute atomic E-state index is 0. The summed E-state index contributed by atoms with van der Waals surface area (Å²) in [5.74, 6) is 0. The van der Waals surface area contributed by atoms with Crippen molar-refractivity contribution >= 4 is 7.82 Å². The molecule has 8 heavy (non-hydrogen) atoms.